The highest BCUT2D eigenvalue weighted by molar-refractivity contribution is 9.10. The maximum atomic E-state index is 13.9. The summed E-state index contributed by atoms with van der Waals surface area (Å²) in [7, 11) is 0. The fourth-order valence-electron chi connectivity index (χ4n) is 7.21. The summed E-state index contributed by atoms with van der Waals surface area (Å²) in [6.45, 7) is 3.95. The lowest BCUT2D eigenvalue weighted by Crippen LogP contribution is -2.45. The number of carbonyl (C=O) groups excluding carboxylic acids is 1. The van der Waals surface area contributed by atoms with Crippen molar-refractivity contribution in [1.82, 2.24) is 14.5 Å². The molecule has 0 bridgehead atoms. The van der Waals surface area contributed by atoms with Gasteiger partial charge in [-0.2, -0.15) is 13.2 Å². The van der Waals surface area contributed by atoms with E-state index in [0.717, 1.165) is 22.8 Å². The molecule has 0 unspecified atom stereocenters. The van der Waals surface area contributed by atoms with Gasteiger partial charge in [-0.1, -0.05) is 107 Å². The third-order valence-electron chi connectivity index (χ3n) is 9.92. The van der Waals surface area contributed by atoms with Gasteiger partial charge in [-0.25, -0.2) is 0 Å². The van der Waals surface area contributed by atoms with Crippen LogP contribution in [0.2, 0.25) is 0 Å². The van der Waals surface area contributed by atoms with Crippen molar-refractivity contribution < 1.29 is 27.4 Å². The summed E-state index contributed by atoms with van der Waals surface area (Å²) in [5.41, 5.74) is 2.09. The number of rotatable bonds is 10. The van der Waals surface area contributed by atoms with E-state index in [0.29, 0.717) is 22.7 Å². The number of fused-ring (bicyclic) bond motifs is 1. The molecule has 2 heterocycles. The highest BCUT2D eigenvalue weighted by Crippen LogP contribution is 2.41. The Morgan fingerprint density at radius 1 is 0.875 bits per heavy atom. The number of hydrogen-bond donors (Lipinski definition) is 1. The van der Waals surface area contributed by atoms with E-state index in [1.165, 1.54) is 21.6 Å². The van der Waals surface area contributed by atoms with Gasteiger partial charge in [0.2, 0.25) is 0 Å². The summed E-state index contributed by atoms with van der Waals surface area (Å²) in [6.07, 6.45) is -4.82. The molecule has 7 nitrogen and oxygen atoms in total. The monoisotopic (exact) mass is 839 g/mol. The highest BCUT2D eigenvalue weighted by atomic mass is 79.9. The van der Waals surface area contributed by atoms with Gasteiger partial charge in [-0.15, -0.1) is 0 Å². The minimum atomic E-state index is -4.64. The predicted octanol–water partition coefficient (Wildman–Crippen LogP) is 10.0. The second-order valence-corrected chi connectivity index (χ2v) is 15.0. The SMILES string of the molecule is C[C@H](COc1ccc(-n2c(=S)[nH]c3c(c2=O)C[C@@H](C)N(C(=O)c2ccc(Br)c(C(F)(F)F)c2)C3)cc1)OC(c1ccccc1)(c1ccccc1)c1ccccc1. The van der Waals surface area contributed by atoms with Crippen LogP contribution in [0.3, 0.4) is 0 Å². The first-order valence-electron chi connectivity index (χ1n) is 18.0. The zero-order valence-electron chi connectivity index (χ0n) is 30.4. The van der Waals surface area contributed by atoms with E-state index in [2.05, 4.69) is 57.3 Å². The van der Waals surface area contributed by atoms with Crippen molar-refractivity contribution in [1.29, 1.82) is 0 Å². The number of amides is 1. The number of carbonyl (C=O) groups is 1. The molecule has 1 aliphatic rings. The lowest BCUT2D eigenvalue weighted by molar-refractivity contribution is -0.138. The van der Waals surface area contributed by atoms with Crippen molar-refractivity contribution in [2.45, 2.75) is 50.7 Å². The summed E-state index contributed by atoms with van der Waals surface area (Å²) < 4.78 is 55.3. The van der Waals surface area contributed by atoms with Crippen molar-refractivity contribution in [3.05, 3.63) is 192 Å². The average molecular weight is 841 g/mol. The van der Waals surface area contributed by atoms with E-state index in [1.54, 1.807) is 31.2 Å². The summed E-state index contributed by atoms with van der Waals surface area (Å²) in [6, 6.07) is 40.3. The molecule has 0 radical (unpaired) electrons. The Labute approximate surface area is 335 Å². The fraction of sp³-hybridized carbons (Fsp3) is 0.205. The number of halogens is 4. The molecule has 0 spiro atoms. The van der Waals surface area contributed by atoms with Crippen LogP contribution in [0.4, 0.5) is 13.2 Å². The van der Waals surface area contributed by atoms with Crippen LogP contribution in [-0.2, 0) is 29.5 Å². The second-order valence-electron chi connectivity index (χ2n) is 13.7. The van der Waals surface area contributed by atoms with E-state index < -0.39 is 29.3 Å². The van der Waals surface area contributed by atoms with Crippen LogP contribution in [0.1, 0.15) is 57.7 Å². The van der Waals surface area contributed by atoms with Crippen LogP contribution in [0.5, 0.6) is 5.75 Å². The first-order chi connectivity index (χ1) is 26.9. The molecule has 56 heavy (non-hydrogen) atoms. The summed E-state index contributed by atoms with van der Waals surface area (Å²) in [4.78, 5) is 31.9. The van der Waals surface area contributed by atoms with Gasteiger partial charge in [0, 0.05) is 27.3 Å². The standard InChI is InChI=1S/C44H37BrF3N3O4S/c1-28-24-36-39(26-50(28)40(52)30-18-23-38(45)37(25-30)44(46,47)48)49-42(56)51(41(36)53)34-19-21-35(22-20-34)54-27-29(2)55-43(31-12-6-3-7-13-31,32-14-8-4-9-15-32)33-16-10-5-11-17-33/h3-23,25,28-29H,24,26-27H2,1-2H3,(H,49,56)/t28-,29-/m1/s1. The van der Waals surface area contributed by atoms with Gasteiger partial charge < -0.3 is 19.4 Å². The average Bonchev–Trinajstić information content (AvgIpc) is 3.20. The van der Waals surface area contributed by atoms with Crippen molar-refractivity contribution in [3.8, 4) is 11.4 Å². The van der Waals surface area contributed by atoms with Crippen LogP contribution in [0.25, 0.3) is 5.69 Å². The van der Waals surface area contributed by atoms with Crippen LogP contribution in [-0.4, -0.2) is 39.1 Å². The Morgan fingerprint density at radius 3 is 1.96 bits per heavy atom. The Kier molecular flexibility index (Phi) is 11.2. The topological polar surface area (TPSA) is 76.6 Å². The fourth-order valence-corrected chi connectivity index (χ4v) is 7.99. The largest absolute Gasteiger partial charge is 0.491 e. The van der Waals surface area contributed by atoms with Gasteiger partial charge in [0.25, 0.3) is 11.5 Å². The van der Waals surface area contributed by atoms with Gasteiger partial charge in [0.05, 0.1) is 23.9 Å². The molecule has 6 aromatic rings. The van der Waals surface area contributed by atoms with E-state index >= 15 is 0 Å². The Hall–Kier alpha value is -5.30. The van der Waals surface area contributed by atoms with Gasteiger partial charge >= 0.3 is 6.18 Å². The Balaban J connectivity index is 1.09. The second kappa shape index (κ2) is 16.0. The van der Waals surface area contributed by atoms with Crippen molar-refractivity contribution in [3.63, 3.8) is 0 Å². The molecule has 0 fully saturated rings. The van der Waals surface area contributed by atoms with Crippen LogP contribution in [0.15, 0.2) is 143 Å². The predicted molar refractivity (Wildman–Crippen MR) is 215 cm³/mol. The number of aromatic nitrogens is 2. The summed E-state index contributed by atoms with van der Waals surface area (Å²) >= 11 is 8.55. The van der Waals surface area contributed by atoms with Crippen LogP contribution >= 0.6 is 28.1 Å². The number of benzene rings is 5. The van der Waals surface area contributed by atoms with Gasteiger partial charge in [0.1, 0.15) is 18.0 Å². The molecule has 1 aromatic heterocycles. The molecule has 2 atom stereocenters. The lowest BCUT2D eigenvalue weighted by atomic mass is 9.80. The lowest BCUT2D eigenvalue weighted by Gasteiger charge is -2.38. The molecule has 12 heteroatoms. The molecule has 1 amide bonds. The normalized spacial score (nSPS) is 14.9. The number of H-pyrrole nitrogens is 1. The molecule has 0 saturated carbocycles. The molecule has 5 aromatic carbocycles. The summed E-state index contributed by atoms with van der Waals surface area (Å²) in [5, 5.41) is 0. The van der Waals surface area contributed by atoms with Crippen molar-refractivity contribution in [2.75, 3.05) is 6.61 Å². The van der Waals surface area contributed by atoms with Crippen molar-refractivity contribution in [2.24, 2.45) is 0 Å². The number of alkyl halides is 3. The minimum Gasteiger partial charge on any atom is -0.491 e. The quantitative estimate of drug-likeness (QED) is 0.110. The molecular formula is C44H37BrF3N3O4S. The van der Waals surface area contributed by atoms with E-state index in [1.807, 2.05) is 61.5 Å². The van der Waals surface area contributed by atoms with Crippen LogP contribution in [0, 0.1) is 4.77 Å². The van der Waals surface area contributed by atoms with E-state index in [-0.39, 0.29) is 46.0 Å². The molecule has 0 saturated heterocycles. The van der Waals surface area contributed by atoms with E-state index in [9.17, 15) is 22.8 Å². The number of aromatic amines is 1. The first kappa shape index (κ1) is 39.0. The molecule has 286 valence electrons. The van der Waals surface area contributed by atoms with Gasteiger partial charge in [-0.05, 0) is 91.6 Å². The molecule has 1 N–H and O–H groups in total. The van der Waals surface area contributed by atoms with E-state index in [4.69, 9.17) is 21.7 Å². The van der Waals surface area contributed by atoms with Gasteiger partial charge in [-0.3, -0.25) is 14.2 Å². The molecule has 0 aliphatic carbocycles. The molecule has 7 rings (SSSR count). The maximum Gasteiger partial charge on any atom is 0.417 e. The zero-order valence-corrected chi connectivity index (χ0v) is 32.8. The van der Waals surface area contributed by atoms with Crippen LogP contribution < -0.4 is 10.3 Å². The highest BCUT2D eigenvalue weighted by Gasteiger charge is 2.39. The summed E-state index contributed by atoms with van der Waals surface area (Å²) in [5.74, 6) is -0.00919. The first-order valence-corrected chi connectivity index (χ1v) is 19.2. The number of hydrogen-bond acceptors (Lipinski definition) is 5. The maximum absolute atomic E-state index is 13.9. The Morgan fingerprint density at radius 2 is 1.43 bits per heavy atom. The van der Waals surface area contributed by atoms with Gasteiger partial charge in [0.15, 0.2) is 4.77 Å². The Bertz CT molecular complexity index is 2360. The third kappa shape index (κ3) is 7.73. The molecular weight excluding hydrogens is 803 g/mol. The number of ether oxygens (including phenoxy) is 2. The van der Waals surface area contributed by atoms with Crippen molar-refractivity contribution >= 4 is 34.1 Å². The number of nitrogens with one attached hydrogen (secondary N) is 1. The smallest absolute Gasteiger partial charge is 0.417 e. The zero-order chi connectivity index (χ0) is 39.6. The third-order valence-corrected chi connectivity index (χ3v) is 10.9. The molecule has 1 aliphatic heterocycles. The number of nitrogens with zero attached hydrogens (tertiary/aromatic N) is 2. The minimum absolute atomic E-state index is 0.0143.